The van der Waals surface area contributed by atoms with Crippen molar-refractivity contribution in [3.8, 4) is 0 Å². The Morgan fingerprint density at radius 3 is 2.79 bits per heavy atom. The molecule has 4 nitrogen and oxygen atoms in total. The maximum absolute atomic E-state index is 11.8. The first kappa shape index (κ1) is 13.6. The summed E-state index contributed by atoms with van der Waals surface area (Å²) in [5, 5.41) is 7.32. The molecule has 0 unspecified atom stereocenters. The predicted octanol–water partition coefficient (Wildman–Crippen LogP) is 2.88. The van der Waals surface area contributed by atoms with Gasteiger partial charge in [-0.3, -0.25) is 4.79 Å². The highest BCUT2D eigenvalue weighted by atomic mass is 16.1. The van der Waals surface area contributed by atoms with Crippen LogP contribution in [0.25, 0.3) is 10.9 Å². The number of aromatic amines is 1. The molecule has 0 saturated heterocycles. The molecule has 0 aliphatic heterocycles. The molecule has 1 amide bonds. The van der Waals surface area contributed by atoms with Crippen LogP contribution in [0.1, 0.15) is 27.2 Å². The largest absolute Gasteiger partial charge is 0.361 e. The van der Waals surface area contributed by atoms with Gasteiger partial charge in [-0.2, -0.15) is 0 Å². The van der Waals surface area contributed by atoms with Crippen LogP contribution < -0.4 is 10.6 Å². The van der Waals surface area contributed by atoms with Gasteiger partial charge in [-0.05, 0) is 45.0 Å². The van der Waals surface area contributed by atoms with Gasteiger partial charge in [0.15, 0.2) is 0 Å². The van der Waals surface area contributed by atoms with E-state index in [2.05, 4.69) is 36.4 Å². The van der Waals surface area contributed by atoms with Crippen LogP contribution in [0.4, 0.5) is 5.69 Å². The summed E-state index contributed by atoms with van der Waals surface area (Å²) in [7, 11) is 0. The number of benzene rings is 1. The molecule has 0 aliphatic rings. The van der Waals surface area contributed by atoms with E-state index in [1.54, 1.807) is 0 Å². The molecule has 3 N–H and O–H groups in total. The van der Waals surface area contributed by atoms with Crippen LogP contribution in [0.5, 0.6) is 0 Å². The van der Waals surface area contributed by atoms with Crippen molar-refractivity contribution in [2.75, 3.05) is 11.9 Å². The summed E-state index contributed by atoms with van der Waals surface area (Å²) in [4.78, 5) is 14.9. The molecular weight excluding hydrogens is 238 g/mol. The summed E-state index contributed by atoms with van der Waals surface area (Å²) >= 11 is 0. The lowest BCUT2D eigenvalue weighted by atomic mass is 10.1. The standard InChI is InChI=1S/C15H21N3O/c1-15(2,3)17-9-7-14(19)18-12-4-5-13-11(10-12)6-8-16-13/h4-6,8,10,16-17H,7,9H2,1-3H3,(H,18,19). The number of carbonyl (C=O) groups is 1. The van der Waals surface area contributed by atoms with E-state index in [1.165, 1.54) is 0 Å². The van der Waals surface area contributed by atoms with Crippen LogP contribution >= 0.6 is 0 Å². The number of carbonyl (C=O) groups excluding carboxylic acids is 1. The second-order valence-corrected chi connectivity index (χ2v) is 5.75. The van der Waals surface area contributed by atoms with Crippen LogP contribution in [-0.4, -0.2) is 23.0 Å². The molecule has 19 heavy (non-hydrogen) atoms. The van der Waals surface area contributed by atoms with Crippen LogP contribution in [0.2, 0.25) is 0 Å². The van der Waals surface area contributed by atoms with Gasteiger partial charge in [0.25, 0.3) is 0 Å². The van der Waals surface area contributed by atoms with E-state index < -0.39 is 0 Å². The fraction of sp³-hybridized carbons (Fsp3) is 0.400. The Balaban J connectivity index is 1.88. The van der Waals surface area contributed by atoms with Gasteiger partial charge >= 0.3 is 0 Å². The minimum Gasteiger partial charge on any atom is -0.361 e. The Bertz CT molecular complexity index is 566. The predicted molar refractivity (Wildman–Crippen MR) is 79.3 cm³/mol. The van der Waals surface area contributed by atoms with E-state index in [1.807, 2.05) is 30.5 Å². The molecule has 1 heterocycles. The molecule has 0 radical (unpaired) electrons. The molecule has 0 bridgehead atoms. The summed E-state index contributed by atoms with van der Waals surface area (Å²) in [6.45, 7) is 6.95. The highest BCUT2D eigenvalue weighted by Crippen LogP contribution is 2.17. The van der Waals surface area contributed by atoms with Crippen LogP contribution in [0.3, 0.4) is 0 Å². The van der Waals surface area contributed by atoms with Gasteiger partial charge in [0, 0.05) is 41.3 Å². The molecule has 4 heteroatoms. The van der Waals surface area contributed by atoms with Crippen molar-refractivity contribution >= 4 is 22.5 Å². The monoisotopic (exact) mass is 259 g/mol. The number of rotatable bonds is 4. The number of hydrogen-bond acceptors (Lipinski definition) is 2. The summed E-state index contributed by atoms with van der Waals surface area (Å²) in [6, 6.07) is 7.85. The maximum atomic E-state index is 11.8. The highest BCUT2D eigenvalue weighted by molar-refractivity contribution is 5.93. The van der Waals surface area contributed by atoms with Gasteiger partial charge in [-0.1, -0.05) is 0 Å². The van der Waals surface area contributed by atoms with Crippen LogP contribution in [0.15, 0.2) is 30.5 Å². The van der Waals surface area contributed by atoms with Gasteiger partial charge in [0.1, 0.15) is 0 Å². The van der Waals surface area contributed by atoms with Gasteiger partial charge in [0.2, 0.25) is 5.91 Å². The van der Waals surface area contributed by atoms with Gasteiger partial charge in [0.05, 0.1) is 0 Å². The average Bonchev–Trinajstić information content (AvgIpc) is 2.74. The number of hydrogen-bond donors (Lipinski definition) is 3. The lowest BCUT2D eigenvalue weighted by molar-refractivity contribution is -0.116. The third kappa shape index (κ3) is 4.10. The quantitative estimate of drug-likeness (QED) is 0.790. The molecule has 0 aliphatic carbocycles. The summed E-state index contributed by atoms with van der Waals surface area (Å²) < 4.78 is 0. The lowest BCUT2D eigenvalue weighted by Crippen LogP contribution is -2.37. The summed E-state index contributed by atoms with van der Waals surface area (Å²) in [5.41, 5.74) is 1.96. The smallest absolute Gasteiger partial charge is 0.225 e. The molecule has 1 aromatic carbocycles. The van der Waals surface area contributed by atoms with E-state index in [-0.39, 0.29) is 11.4 Å². The molecular formula is C15H21N3O. The van der Waals surface area contributed by atoms with Crippen LogP contribution in [-0.2, 0) is 4.79 Å². The zero-order valence-electron chi connectivity index (χ0n) is 11.7. The Hall–Kier alpha value is -1.81. The fourth-order valence-electron chi connectivity index (χ4n) is 1.91. The summed E-state index contributed by atoms with van der Waals surface area (Å²) in [6.07, 6.45) is 2.37. The maximum Gasteiger partial charge on any atom is 0.225 e. The highest BCUT2D eigenvalue weighted by Gasteiger charge is 2.09. The van der Waals surface area contributed by atoms with Crippen molar-refractivity contribution in [2.45, 2.75) is 32.7 Å². The Kier molecular flexibility index (Phi) is 3.90. The minimum absolute atomic E-state index is 0.0339. The molecule has 0 saturated carbocycles. The zero-order chi connectivity index (χ0) is 13.9. The van der Waals surface area contributed by atoms with Gasteiger partial charge in [-0.15, -0.1) is 0 Å². The number of anilines is 1. The van der Waals surface area contributed by atoms with E-state index >= 15 is 0 Å². The third-order valence-corrected chi connectivity index (χ3v) is 2.84. The SMILES string of the molecule is CC(C)(C)NCCC(=O)Nc1ccc2[nH]ccc2c1. The minimum atomic E-state index is 0.0339. The molecule has 0 spiro atoms. The Labute approximate surface area is 113 Å². The number of fused-ring (bicyclic) bond motifs is 1. The Morgan fingerprint density at radius 1 is 1.26 bits per heavy atom. The molecule has 0 atom stereocenters. The zero-order valence-corrected chi connectivity index (χ0v) is 11.7. The van der Waals surface area contributed by atoms with E-state index in [9.17, 15) is 4.79 Å². The number of nitrogens with one attached hydrogen (secondary N) is 3. The summed E-state index contributed by atoms with van der Waals surface area (Å²) in [5.74, 6) is 0.0339. The fourth-order valence-corrected chi connectivity index (χ4v) is 1.91. The van der Waals surface area contributed by atoms with Crippen molar-refractivity contribution < 1.29 is 4.79 Å². The molecule has 0 fully saturated rings. The van der Waals surface area contributed by atoms with Crippen molar-refractivity contribution in [3.63, 3.8) is 0 Å². The third-order valence-electron chi connectivity index (χ3n) is 2.84. The van der Waals surface area contributed by atoms with Crippen molar-refractivity contribution in [1.82, 2.24) is 10.3 Å². The molecule has 2 aromatic rings. The van der Waals surface area contributed by atoms with Gasteiger partial charge < -0.3 is 15.6 Å². The average molecular weight is 259 g/mol. The molecule has 2 rings (SSSR count). The first-order valence-corrected chi connectivity index (χ1v) is 6.56. The van der Waals surface area contributed by atoms with Crippen molar-refractivity contribution in [2.24, 2.45) is 0 Å². The van der Waals surface area contributed by atoms with E-state index in [0.717, 1.165) is 16.6 Å². The normalized spacial score (nSPS) is 11.7. The Morgan fingerprint density at radius 2 is 2.05 bits per heavy atom. The second-order valence-electron chi connectivity index (χ2n) is 5.75. The number of H-pyrrole nitrogens is 1. The van der Waals surface area contributed by atoms with Crippen molar-refractivity contribution in [3.05, 3.63) is 30.5 Å². The van der Waals surface area contributed by atoms with E-state index in [0.29, 0.717) is 13.0 Å². The second kappa shape index (κ2) is 5.45. The topological polar surface area (TPSA) is 56.9 Å². The lowest BCUT2D eigenvalue weighted by Gasteiger charge is -2.20. The van der Waals surface area contributed by atoms with Crippen molar-refractivity contribution in [1.29, 1.82) is 0 Å². The molecule has 102 valence electrons. The van der Waals surface area contributed by atoms with Crippen LogP contribution in [0, 0.1) is 0 Å². The number of amides is 1. The van der Waals surface area contributed by atoms with E-state index in [4.69, 9.17) is 0 Å². The van der Waals surface area contributed by atoms with Gasteiger partial charge in [-0.25, -0.2) is 0 Å². The number of aromatic nitrogens is 1. The molecule has 1 aromatic heterocycles. The first-order valence-electron chi connectivity index (χ1n) is 6.56. The first-order chi connectivity index (χ1) is 8.94.